The number of aryl methyl sites for hydroxylation is 1. The summed E-state index contributed by atoms with van der Waals surface area (Å²) in [5, 5.41) is 4.34. The minimum atomic E-state index is 0.193. The summed E-state index contributed by atoms with van der Waals surface area (Å²) in [7, 11) is 0. The fourth-order valence-corrected chi connectivity index (χ4v) is 2.35. The zero-order chi connectivity index (χ0) is 11.8. The number of ether oxygens (including phenoxy) is 1. The predicted octanol–water partition coefficient (Wildman–Crippen LogP) is 1.30. The second-order valence-electron chi connectivity index (χ2n) is 4.66. The van der Waals surface area contributed by atoms with Crippen LogP contribution < -0.4 is 10.5 Å². The lowest BCUT2D eigenvalue weighted by molar-refractivity contribution is 0.201. The molecule has 2 heterocycles. The van der Waals surface area contributed by atoms with Gasteiger partial charge in [-0.15, -0.1) is 0 Å². The Bertz CT molecular complexity index is 536. The first kappa shape index (κ1) is 10.5. The topological polar surface area (TPSA) is 65.4 Å². The smallest absolute Gasteiger partial charge is 0.240 e. The van der Waals surface area contributed by atoms with Crippen molar-refractivity contribution in [2.24, 2.45) is 5.73 Å². The van der Waals surface area contributed by atoms with Gasteiger partial charge in [0.15, 0.2) is 0 Å². The van der Waals surface area contributed by atoms with Crippen LogP contribution in [0.4, 0.5) is 0 Å². The van der Waals surface area contributed by atoms with Crippen LogP contribution in [-0.4, -0.2) is 26.7 Å². The molecule has 5 heteroatoms. The number of nitrogens with two attached hydrogens (primary N) is 1. The Hall–Kier alpha value is -1.62. The van der Waals surface area contributed by atoms with Crippen LogP contribution in [0.5, 0.6) is 5.88 Å². The van der Waals surface area contributed by atoms with E-state index < -0.39 is 0 Å². The molecule has 0 saturated heterocycles. The van der Waals surface area contributed by atoms with Crippen LogP contribution >= 0.6 is 0 Å². The molecular weight excluding hydrogens is 216 g/mol. The highest BCUT2D eigenvalue weighted by molar-refractivity contribution is 5.56. The molecule has 1 aliphatic rings. The van der Waals surface area contributed by atoms with Gasteiger partial charge in [0.05, 0.1) is 5.69 Å². The number of nitrogens with zero attached hydrogens (tertiary/aromatic N) is 3. The van der Waals surface area contributed by atoms with E-state index >= 15 is 0 Å². The molecule has 17 heavy (non-hydrogen) atoms. The standard InChI is InChI=1S/C12H16N4O/c1-8-6-11-12(14-4-5-16(11)15-8)17-10-3-2-9(13)7-10/h4-6,9-10H,2-3,7,13H2,1H3. The van der Waals surface area contributed by atoms with Gasteiger partial charge in [0.1, 0.15) is 11.6 Å². The van der Waals surface area contributed by atoms with Crippen molar-refractivity contribution in [1.29, 1.82) is 0 Å². The molecule has 2 atom stereocenters. The highest BCUT2D eigenvalue weighted by atomic mass is 16.5. The summed E-state index contributed by atoms with van der Waals surface area (Å²) in [6.07, 6.45) is 6.69. The van der Waals surface area contributed by atoms with Gasteiger partial charge in [-0.3, -0.25) is 0 Å². The van der Waals surface area contributed by atoms with E-state index in [0.717, 1.165) is 30.5 Å². The van der Waals surface area contributed by atoms with E-state index in [1.54, 1.807) is 10.7 Å². The molecule has 5 nitrogen and oxygen atoms in total. The average molecular weight is 232 g/mol. The zero-order valence-electron chi connectivity index (χ0n) is 9.84. The molecule has 0 bridgehead atoms. The molecule has 1 aliphatic carbocycles. The van der Waals surface area contributed by atoms with Crippen molar-refractivity contribution < 1.29 is 4.74 Å². The number of hydrogen-bond donors (Lipinski definition) is 1. The second-order valence-corrected chi connectivity index (χ2v) is 4.66. The highest BCUT2D eigenvalue weighted by Gasteiger charge is 2.24. The van der Waals surface area contributed by atoms with Crippen molar-refractivity contribution in [3.8, 4) is 5.88 Å². The molecule has 1 saturated carbocycles. The molecule has 1 fully saturated rings. The minimum absolute atomic E-state index is 0.193. The SMILES string of the molecule is Cc1cc2c(OC3CCC(N)C3)nccn2n1. The maximum absolute atomic E-state index is 5.92. The first-order valence-electron chi connectivity index (χ1n) is 5.95. The van der Waals surface area contributed by atoms with Crippen LogP contribution in [0.25, 0.3) is 5.52 Å². The van der Waals surface area contributed by atoms with Crippen molar-refractivity contribution in [3.63, 3.8) is 0 Å². The maximum atomic E-state index is 5.92. The normalized spacial score (nSPS) is 24.4. The number of hydrogen-bond acceptors (Lipinski definition) is 4. The van der Waals surface area contributed by atoms with Crippen LogP contribution in [0.15, 0.2) is 18.5 Å². The van der Waals surface area contributed by atoms with E-state index in [0.29, 0.717) is 5.88 Å². The van der Waals surface area contributed by atoms with Gasteiger partial charge in [0.2, 0.25) is 5.88 Å². The molecule has 2 N–H and O–H groups in total. The molecule has 2 unspecified atom stereocenters. The number of rotatable bonds is 2. The summed E-state index contributed by atoms with van der Waals surface area (Å²) in [6.45, 7) is 1.96. The Balaban J connectivity index is 1.89. The van der Waals surface area contributed by atoms with Crippen molar-refractivity contribution in [2.45, 2.75) is 38.3 Å². The van der Waals surface area contributed by atoms with Crippen molar-refractivity contribution in [2.75, 3.05) is 0 Å². The van der Waals surface area contributed by atoms with Gasteiger partial charge in [-0.05, 0) is 32.3 Å². The summed E-state index contributed by atoms with van der Waals surface area (Å²) in [5.74, 6) is 0.659. The molecule has 0 aromatic carbocycles. The molecule has 0 aliphatic heterocycles. The van der Waals surface area contributed by atoms with E-state index in [1.807, 2.05) is 19.2 Å². The summed E-state index contributed by atoms with van der Waals surface area (Å²) < 4.78 is 7.72. The van der Waals surface area contributed by atoms with Gasteiger partial charge in [-0.2, -0.15) is 5.10 Å². The monoisotopic (exact) mass is 232 g/mol. The largest absolute Gasteiger partial charge is 0.473 e. The molecule has 2 aromatic rings. The first-order valence-corrected chi connectivity index (χ1v) is 5.95. The fourth-order valence-electron chi connectivity index (χ4n) is 2.35. The Kier molecular flexibility index (Phi) is 2.48. The third-order valence-electron chi connectivity index (χ3n) is 3.18. The Labute approximate surface area is 99.6 Å². The lowest BCUT2D eigenvalue weighted by atomic mass is 10.3. The quantitative estimate of drug-likeness (QED) is 0.847. The van der Waals surface area contributed by atoms with Gasteiger partial charge >= 0.3 is 0 Å². The van der Waals surface area contributed by atoms with Crippen LogP contribution in [-0.2, 0) is 0 Å². The number of fused-ring (bicyclic) bond motifs is 1. The maximum Gasteiger partial charge on any atom is 0.240 e. The third kappa shape index (κ3) is 1.98. The third-order valence-corrected chi connectivity index (χ3v) is 3.18. The highest BCUT2D eigenvalue weighted by Crippen LogP contribution is 2.25. The van der Waals surface area contributed by atoms with E-state index in [2.05, 4.69) is 10.1 Å². The number of aromatic nitrogens is 3. The second kappa shape index (κ2) is 4.00. The molecule has 0 spiro atoms. The molecule has 0 radical (unpaired) electrons. The van der Waals surface area contributed by atoms with Crippen LogP contribution in [0.2, 0.25) is 0 Å². The van der Waals surface area contributed by atoms with Crippen LogP contribution in [0, 0.1) is 6.92 Å². The average Bonchev–Trinajstić information content (AvgIpc) is 2.84. The minimum Gasteiger partial charge on any atom is -0.473 e. The van der Waals surface area contributed by atoms with E-state index in [-0.39, 0.29) is 12.1 Å². The van der Waals surface area contributed by atoms with Crippen LogP contribution in [0.3, 0.4) is 0 Å². The van der Waals surface area contributed by atoms with Gasteiger partial charge in [0.25, 0.3) is 0 Å². The van der Waals surface area contributed by atoms with Crippen molar-refractivity contribution in [1.82, 2.24) is 14.6 Å². The van der Waals surface area contributed by atoms with Crippen LogP contribution in [0.1, 0.15) is 25.0 Å². The van der Waals surface area contributed by atoms with Gasteiger partial charge in [-0.25, -0.2) is 9.50 Å². The summed E-state index contributed by atoms with van der Waals surface area (Å²) in [6, 6.07) is 2.25. The Morgan fingerprint density at radius 2 is 2.35 bits per heavy atom. The Morgan fingerprint density at radius 3 is 3.12 bits per heavy atom. The summed E-state index contributed by atoms with van der Waals surface area (Å²) in [5.41, 5.74) is 7.76. The van der Waals surface area contributed by atoms with Gasteiger partial charge in [0, 0.05) is 18.4 Å². The zero-order valence-corrected chi connectivity index (χ0v) is 9.84. The van der Waals surface area contributed by atoms with E-state index in [1.165, 1.54) is 0 Å². The van der Waals surface area contributed by atoms with Gasteiger partial charge in [-0.1, -0.05) is 0 Å². The van der Waals surface area contributed by atoms with E-state index in [4.69, 9.17) is 10.5 Å². The van der Waals surface area contributed by atoms with E-state index in [9.17, 15) is 0 Å². The lowest BCUT2D eigenvalue weighted by Gasteiger charge is -2.12. The van der Waals surface area contributed by atoms with Crippen molar-refractivity contribution in [3.05, 3.63) is 24.2 Å². The molecule has 2 aromatic heterocycles. The molecule has 0 amide bonds. The molecule has 90 valence electrons. The fraction of sp³-hybridized carbons (Fsp3) is 0.500. The predicted molar refractivity (Wildman–Crippen MR) is 64.0 cm³/mol. The van der Waals surface area contributed by atoms with Gasteiger partial charge < -0.3 is 10.5 Å². The lowest BCUT2D eigenvalue weighted by Crippen LogP contribution is -2.19. The summed E-state index contributed by atoms with van der Waals surface area (Å²) in [4.78, 5) is 4.28. The molecular formula is C12H16N4O. The molecule has 3 rings (SSSR count). The Morgan fingerprint density at radius 1 is 1.47 bits per heavy atom. The summed E-state index contributed by atoms with van der Waals surface area (Å²) >= 11 is 0. The van der Waals surface area contributed by atoms with Crippen molar-refractivity contribution >= 4 is 5.52 Å². The first-order chi connectivity index (χ1) is 8.22.